The van der Waals surface area contributed by atoms with Gasteiger partial charge in [0.15, 0.2) is 0 Å². The van der Waals surface area contributed by atoms with Crippen molar-refractivity contribution in [3.8, 4) is 10.4 Å². The van der Waals surface area contributed by atoms with Gasteiger partial charge in [-0.1, -0.05) is 12.1 Å². The Balaban J connectivity index is 2.49. The van der Waals surface area contributed by atoms with E-state index >= 15 is 0 Å². The van der Waals surface area contributed by atoms with E-state index in [4.69, 9.17) is 5.73 Å². The highest BCUT2D eigenvalue weighted by molar-refractivity contribution is 7.15. The molecule has 0 saturated heterocycles. The minimum Gasteiger partial charge on any atom is -0.399 e. The molecule has 0 aliphatic carbocycles. The molecule has 0 radical (unpaired) electrons. The van der Waals surface area contributed by atoms with Crippen LogP contribution in [0, 0.1) is 13.8 Å². The maximum atomic E-state index is 5.64. The summed E-state index contributed by atoms with van der Waals surface area (Å²) in [5.74, 6) is 0. The van der Waals surface area contributed by atoms with Gasteiger partial charge in [0.1, 0.15) is 0 Å². The van der Waals surface area contributed by atoms with Crippen LogP contribution >= 0.6 is 11.3 Å². The minimum atomic E-state index is 0.799. The fourth-order valence-corrected chi connectivity index (χ4v) is 2.36. The van der Waals surface area contributed by atoms with Crippen LogP contribution in [0.15, 0.2) is 24.3 Å². The fourth-order valence-electron chi connectivity index (χ4n) is 1.43. The van der Waals surface area contributed by atoms with Gasteiger partial charge in [-0.25, -0.2) is 4.98 Å². The van der Waals surface area contributed by atoms with Crippen LogP contribution < -0.4 is 5.73 Å². The average Bonchev–Trinajstić information content (AvgIpc) is 2.47. The summed E-state index contributed by atoms with van der Waals surface area (Å²) >= 11 is 1.72. The van der Waals surface area contributed by atoms with Crippen LogP contribution in [0.3, 0.4) is 0 Å². The van der Waals surface area contributed by atoms with E-state index in [-0.39, 0.29) is 0 Å². The molecule has 2 nitrogen and oxygen atoms in total. The maximum absolute atomic E-state index is 5.64. The molecule has 0 saturated carbocycles. The van der Waals surface area contributed by atoms with E-state index in [9.17, 15) is 0 Å². The molecular formula is C11H12N2S. The van der Waals surface area contributed by atoms with Gasteiger partial charge in [0.2, 0.25) is 0 Å². The number of hydrogen-bond acceptors (Lipinski definition) is 3. The van der Waals surface area contributed by atoms with Gasteiger partial charge in [-0.2, -0.15) is 0 Å². The van der Waals surface area contributed by atoms with Crippen molar-refractivity contribution in [1.82, 2.24) is 4.98 Å². The first-order valence-electron chi connectivity index (χ1n) is 4.47. The van der Waals surface area contributed by atoms with Gasteiger partial charge in [0.25, 0.3) is 0 Å². The summed E-state index contributed by atoms with van der Waals surface area (Å²) in [5, 5.41) is 1.11. The number of aryl methyl sites for hydroxylation is 2. The molecule has 3 heteroatoms. The summed E-state index contributed by atoms with van der Waals surface area (Å²) in [6.45, 7) is 4.06. The van der Waals surface area contributed by atoms with E-state index < -0.39 is 0 Å². The van der Waals surface area contributed by atoms with Crippen molar-refractivity contribution in [3.05, 3.63) is 35.0 Å². The number of nitrogen functional groups attached to an aromatic ring is 1. The Hall–Kier alpha value is -1.35. The van der Waals surface area contributed by atoms with Crippen LogP contribution in [-0.4, -0.2) is 4.98 Å². The number of nitrogens with zero attached hydrogens (tertiary/aromatic N) is 1. The quantitative estimate of drug-likeness (QED) is 0.725. The normalized spacial score (nSPS) is 10.4. The standard InChI is InChI=1S/C11H12N2S/c1-7-11(14-8(2)13-7)9-3-5-10(12)6-4-9/h3-6H,12H2,1-2H3. The monoisotopic (exact) mass is 204 g/mol. The molecule has 0 unspecified atom stereocenters. The Morgan fingerprint density at radius 2 is 1.79 bits per heavy atom. The Morgan fingerprint density at radius 3 is 2.29 bits per heavy atom. The summed E-state index contributed by atoms with van der Waals surface area (Å²) in [4.78, 5) is 5.64. The van der Waals surface area contributed by atoms with Gasteiger partial charge in [0, 0.05) is 5.69 Å². The van der Waals surface area contributed by atoms with Crippen molar-refractivity contribution in [2.75, 3.05) is 5.73 Å². The van der Waals surface area contributed by atoms with E-state index in [2.05, 4.69) is 4.98 Å². The first-order valence-corrected chi connectivity index (χ1v) is 5.28. The molecule has 0 amide bonds. The molecule has 0 aliphatic heterocycles. The van der Waals surface area contributed by atoms with Crippen molar-refractivity contribution < 1.29 is 0 Å². The number of benzene rings is 1. The van der Waals surface area contributed by atoms with Crippen LogP contribution in [0.4, 0.5) is 5.69 Å². The van der Waals surface area contributed by atoms with E-state index in [0.717, 1.165) is 16.4 Å². The van der Waals surface area contributed by atoms with E-state index in [1.807, 2.05) is 38.1 Å². The number of anilines is 1. The maximum Gasteiger partial charge on any atom is 0.0903 e. The summed E-state index contributed by atoms with van der Waals surface area (Å²) in [7, 11) is 0. The van der Waals surface area contributed by atoms with E-state index in [1.165, 1.54) is 10.4 Å². The summed E-state index contributed by atoms with van der Waals surface area (Å²) < 4.78 is 0. The van der Waals surface area contributed by atoms with Crippen molar-refractivity contribution in [1.29, 1.82) is 0 Å². The van der Waals surface area contributed by atoms with Crippen LogP contribution in [0.2, 0.25) is 0 Å². The molecular weight excluding hydrogens is 192 g/mol. The van der Waals surface area contributed by atoms with Crippen molar-refractivity contribution >= 4 is 17.0 Å². The lowest BCUT2D eigenvalue weighted by Gasteiger charge is -1.98. The Kier molecular flexibility index (Phi) is 2.25. The molecule has 0 atom stereocenters. The SMILES string of the molecule is Cc1nc(C)c(-c2ccc(N)cc2)s1. The van der Waals surface area contributed by atoms with Gasteiger partial charge < -0.3 is 5.73 Å². The van der Waals surface area contributed by atoms with Crippen LogP contribution in [0.5, 0.6) is 0 Å². The zero-order valence-corrected chi connectivity index (χ0v) is 9.06. The third-order valence-corrected chi connectivity index (χ3v) is 3.20. The Labute approximate surface area is 87.4 Å². The molecule has 2 N–H and O–H groups in total. The first kappa shape index (κ1) is 9.21. The molecule has 0 bridgehead atoms. The molecule has 14 heavy (non-hydrogen) atoms. The zero-order chi connectivity index (χ0) is 10.1. The number of rotatable bonds is 1. The van der Waals surface area contributed by atoms with Crippen molar-refractivity contribution in [2.45, 2.75) is 13.8 Å². The van der Waals surface area contributed by atoms with Gasteiger partial charge in [-0.05, 0) is 31.5 Å². The largest absolute Gasteiger partial charge is 0.399 e. The second-order valence-corrected chi connectivity index (χ2v) is 4.47. The van der Waals surface area contributed by atoms with E-state index in [1.54, 1.807) is 11.3 Å². The lowest BCUT2D eigenvalue weighted by atomic mass is 10.1. The molecule has 1 heterocycles. The van der Waals surface area contributed by atoms with Crippen LogP contribution in [0.25, 0.3) is 10.4 Å². The van der Waals surface area contributed by atoms with E-state index in [0.29, 0.717) is 0 Å². The molecule has 2 aromatic rings. The second-order valence-electron chi connectivity index (χ2n) is 3.27. The molecule has 0 fully saturated rings. The highest BCUT2D eigenvalue weighted by Gasteiger charge is 2.06. The first-order chi connectivity index (χ1) is 6.66. The lowest BCUT2D eigenvalue weighted by Crippen LogP contribution is -1.83. The van der Waals surface area contributed by atoms with Crippen molar-refractivity contribution in [2.24, 2.45) is 0 Å². The second kappa shape index (κ2) is 3.42. The molecule has 1 aromatic heterocycles. The average molecular weight is 204 g/mol. The Morgan fingerprint density at radius 1 is 1.14 bits per heavy atom. The molecule has 2 rings (SSSR count). The fraction of sp³-hybridized carbons (Fsp3) is 0.182. The van der Waals surface area contributed by atoms with Gasteiger partial charge in [-0.3, -0.25) is 0 Å². The molecule has 1 aromatic carbocycles. The smallest absolute Gasteiger partial charge is 0.0903 e. The van der Waals surface area contributed by atoms with Gasteiger partial charge >= 0.3 is 0 Å². The zero-order valence-electron chi connectivity index (χ0n) is 8.24. The summed E-state index contributed by atoms with van der Waals surface area (Å²) in [5.41, 5.74) is 8.73. The predicted octanol–water partition coefficient (Wildman–Crippen LogP) is 3.01. The van der Waals surface area contributed by atoms with Crippen molar-refractivity contribution in [3.63, 3.8) is 0 Å². The number of hydrogen-bond donors (Lipinski definition) is 1. The topological polar surface area (TPSA) is 38.9 Å². The molecule has 72 valence electrons. The van der Waals surface area contributed by atoms with Crippen LogP contribution in [0.1, 0.15) is 10.7 Å². The molecule has 0 spiro atoms. The lowest BCUT2D eigenvalue weighted by molar-refractivity contribution is 1.20. The van der Waals surface area contributed by atoms with Gasteiger partial charge in [0.05, 0.1) is 15.6 Å². The van der Waals surface area contributed by atoms with Gasteiger partial charge in [-0.15, -0.1) is 11.3 Å². The van der Waals surface area contributed by atoms with Crippen LogP contribution in [-0.2, 0) is 0 Å². The third kappa shape index (κ3) is 1.63. The summed E-state index contributed by atoms with van der Waals surface area (Å²) in [6.07, 6.45) is 0. The highest BCUT2D eigenvalue weighted by Crippen LogP contribution is 2.29. The number of thiazole rings is 1. The highest BCUT2D eigenvalue weighted by atomic mass is 32.1. The Bertz CT molecular complexity index is 443. The summed E-state index contributed by atoms with van der Waals surface area (Å²) in [6, 6.07) is 7.91. The minimum absolute atomic E-state index is 0.799. The molecule has 0 aliphatic rings. The number of aromatic nitrogens is 1. The predicted molar refractivity (Wildman–Crippen MR) is 61.4 cm³/mol. The third-order valence-electron chi connectivity index (χ3n) is 2.08. The number of nitrogens with two attached hydrogens (primary N) is 1.